The molecular weight excluding hydrogens is 328 g/mol. The van der Waals surface area contributed by atoms with Crippen LogP contribution in [0.3, 0.4) is 0 Å². The number of rotatable bonds is 2. The standard InChI is InChI=1S/C22H32O4/c1-13-10-16(25)11-15-4-5-17-18-6-7-20(26-14(2)24)21(18,3)9-8-19(17)22(13,15)12-23/h11-13,16-20,25H,4-10H2,1-3H3/t13?,16?,17-,18-,19+,20?,21-,22-/m0/s1. The lowest BCUT2D eigenvalue weighted by atomic mass is 9.45. The van der Waals surface area contributed by atoms with Gasteiger partial charge in [0.2, 0.25) is 0 Å². The number of hydrogen-bond acceptors (Lipinski definition) is 4. The Balaban J connectivity index is 1.68. The van der Waals surface area contributed by atoms with Gasteiger partial charge in [0.25, 0.3) is 0 Å². The molecule has 0 amide bonds. The molecule has 0 spiro atoms. The van der Waals surface area contributed by atoms with E-state index in [1.807, 2.05) is 6.08 Å². The van der Waals surface area contributed by atoms with E-state index in [4.69, 9.17) is 4.74 Å². The summed E-state index contributed by atoms with van der Waals surface area (Å²) in [6.45, 7) is 5.97. The zero-order valence-corrected chi connectivity index (χ0v) is 16.2. The molecule has 0 aliphatic heterocycles. The second-order valence-corrected chi connectivity index (χ2v) is 9.58. The van der Waals surface area contributed by atoms with Gasteiger partial charge in [-0.15, -0.1) is 0 Å². The predicted molar refractivity (Wildman–Crippen MR) is 98.2 cm³/mol. The van der Waals surface area contributed by atoms with Crippen molar-refractivity contribution in [2.45, 2.75) is 77.9 Å². The van der Waals surface area contributed by atoms with Crippen LogP contribution in [0.5, 0.6) is 0 Å². The van der Waals surface area contributed by atoms with Crippen LogP contribution in [0.15, 0.2) is 11.6 Å². The van der Waals surface area contributed by atoms with Crippen molar-refractivity contribution in [3.05, 3.63) is 11.6 Å². The Labute approximate surface area is 156 Å². The molecule has 0 saturated heterocycles. The first-order valence-corrected chi connectivity index (χ1v) is 10.4. The van der Waals surface area contributed by atoms with Crippen LogP contribution in [0, 0.1) is 34.5 Å². The molecule has 0 bridgehead atoms. The Morgan fingerprint density at radius 2 is 2.04 bits per heavy atom. The van der Waals surface area contributed by atoms with Gasteiger partial charge >= 0.3 is 5.97 Å². The molecule has 26 heavy (non-hydrogen) atoms. The highest BCUT2D eigenvalue weighted by Gasteiger charge is 2.62. The highest BCUT2D eigenvalue weighted by molar-refractivity contribution is 5.68. The summed E-state index contributed by atoms with van der Waals surface area (Å²) < 4.78 is 5.70. The van der Waals surface area contributed by atoms with Gasteiger partial charge in [0, 0.05) is 12.3 Å². The van der Waals surface area contributed by atoms with Crippen molar-refractivity contribution in [2.24, 2.45) is 34.5 Å². The SMILES string of the molecule is CC(=O)OC1CC[C@H]2[C@@H]3CCC4=CC(O)CC(C)[C@]4(C=O)[C@@H]3CC[C@]12C. The third kappa shape index (κ3) is 2.37. The molecule has 0 heterocycles. The fourth-order valence-corrected chi connectivity index (χ4v) is 7.45. The Kier molecular flexibility index (Phi) is 4.33. The normalized spacial score (nSPS) is 50.1. The van der Waals surface area contributed by atoms with Crippen molar-refractivity contribution in [1.29, 1.82) is 0 Å². The lowest BCUT2D eigenvalue weighted by molar-refractivity contribution is -0.158. The molecule has 8 atom stereocenters. The third-order valence-electron chi connectivity index (χ3n) is 8.57. The number of hydrogen-bond donors (Lipinski definition) is 1. The van der Waals surface area contributed by atoms with Crippen molar-refractivity contribution in [1.82, 2.24) is 0 Å². The topological polar surface area (TPSA) is 63.6 Å². The van der Waals surface area contributed by atoms with Gasteiger partial charge in [0.05, 0.1) is 11.5 Å². The third-order valence-corrected chi connectivity index (χ3v) is 8.57. The minimum Gasteiger partial charge on any atom is -0.462 e. The van der Waals surface area contributed by atoms with Gasteiger partial charge in [-0.1, -0.05) is 25.5 Å². The summed E-state index contributed by atoms with van der Waals surface area (Å²) in [6, 6.07) is 0. The van der Waals surface area contributed by atoms with Crippen LogP contribution in [-0.4, -0.2) is 29.6 Å². The number of aldehydes is 1. The largest absolute Gasteiger partial charge is 0.462 e. The van der Waals surface area contributed by atoms with E-state index >= 15 is 0 Å². The van der Waals surface area contributed by atoms with Gasteiger partial charge in [-0.25, -0.2) is 0 Å². The summed E-state index contributed by atoms with van der Waals surface area (Å²) in [4.78, 5) is 24.0. The molecule has 4 rings (SSSR count). The van der Waals surface area contributed by atoms with Crippen LogP contribution in [0.4, 0.5) is 0 Å². The van der Waals surface area contributed by atoms with Crippen LogP contribution in [0.2, 0.25) is 0 Å². The van der Waals surface area contributed by atoms with Gasteiger partial charge in [0.1, 0.15) is 12.4 Å². The number of ether oxygens (including phenoxy) is 1. The molecule has 0 aromatic carbocycles. The number of aliphatic hydroxyl groups excluding tert-OH is 1. The smallest absolute Gasteiger partial charge is 0.302 e. The highest BCUT2D eigenvalue weighted by atomic mass is 16.5. The van der Waals surface area contributed by atoms with Gasteiger partial charge < -0.3 is 14.6 Å². The molecule has 1 N–H and O–H groups in total. The second kappa shape index (κ2) is 6.19. The maximum atomic E-state index is 12.5. The molecule has 3 fully saturated rings. The molecule has 0 radical (unpaired) electrons. The first kappa shape index (κ1) is 18.2. The van der Waals surface area contributed by atoms with E-state index in [0.29, 0.717) is 24.2 Å². The molecule has 0 aromatic heterocycles. The average Bonchev–Trinajstić information content (AvgIpc) is 2.90. The van der Waals surface area contributed by atoms with Crippen LogP contribution in [0.25, 0.3) is 0 Å². The number of allylic oxidation sites excluding steroid dienone is 1. The maximum Gasteiger partial charge on any atom is 0.302 e. The van der Waals surface area contributed by atoms with E-state index < -0.39 is 6.10 Å². The lowest BCUT2D eigenvalue weighted by Gasteiger charge is -2.59. The molecule has 4 aliphatic rings. The quantitative estimate of drug-likeness (QED) is 0.464. The summed E-state index contributed by atoms with van der Waals surface area (Å²) in [5.74, 6) is 1.44. The fourth-order valence-electron chi connectivity index (χ4n) is 7.45. The first-order chi connectivity index (χ1) is 12.3. The average molecular weight is 360 g/mol. The summed E-state index contributed by atoms with van der Waals surface area (Å²) in [5.41, 5.74) is 0.858. The fraction of sp³-hybridized carbons (Fsp3) is 0.818. The first-order valence-electron chi connectivity index (χ1n) is 10.4. The van der Waals surface area contributed by atoms with Crippen molar-refractivity contribution in [2.75, 3.05) is 0 Å². The van der Waals surface area contributed by atoms with Crippen LogP contribution < -0.4 is 0 Å². The van der Waals surface area contributed by atoms with E-state index in [1.165, 1.54) is 18.8 Å². The van der Waals surface area contributed by atoms with E-state index in [-0.39, 0.29) is 28.8 Å². The monoisotopic (exact) mass is 360 g/mol. The van der Waals surface area contributed by atoms with E-state index in [9.17, 15) is 14.7 Å². The van der Waals surface area contributed by atoms with Crippen molar-refractivity contribution >= 4 is 12.3 Å². The van der Waals surface area contributed by atoms with Crippen LogP contribution in [-0.2, 0) is 14.3 Å². The molecule has 144 valence electrons. The summed E-state index contributed by atoms with van der Waals surface area (Å²) >= 11 is 0. The minimum atomic E-state index is -0.404. The number of carbonyl (C=O) groups excluding carboxylic acids is 2. The molecule has 3 unspecified atom stereocenters. The summed E-state index contributed by atoms with van der Waals surface area (Å²) in [7, 11) is 0. The van der Waals surface area contributed by atoms with Crippen molar-refractivity contribution in [3.8, 4) is 0 Å². The lowest BCUT2D eigenvalue weighted by Crippen LogP contribution is -2.55. The number of aliphatic hydroxyl groups is 1. The number of carbonyl (C=O) groups is 2. The van der Waals surface area contributed by atoms with E-state index in [1.54, 1.807) is 0 Å². The second-order valence-electron chi connectivity index (χ2n) is 9.58. The van der Waals surface area contributed by atoms with Gasteiger partial charge in [-0.2, -0.15) is 0 Å². The minimum absolute atomic E-state index is 0.0284. The molecule has 4 aliphatic carbocycles. The van der Waals surface area contributed by atoms with Crippen molar-refractivity contribution in [3.63, 3.8) is 0 Å². The van der Waals surface area contributed by atoms with Crippen LogP contribution >= 0.6 is 0 Å². The Morgan fingerprint density at radius 3 is 2.73 bits per heavy atom. The molecule has 3 saturated carbocycles. The summed E-state index contributed by atoms with van der Waals surface area (Å²) in [6.07, 6.45) is 9.63. The van der Waals surface area contributed by atoms with E-state index in [0.717, 1.165) is 38.5 Å². The summed E-state index contributed by atoms with van der Waals surface area (Å²) in [5, 5.41) is 10.2. The zero-order valence-electron chi connectivity index (χ0n) is 16.2. The molecule has 0 aromatic rings. The Bertz CT molecular complexity index is 640. The number of esters is 1. The maximum absolute atomic E-state index is 12.5. The molecule has 4 nitrogen and oxygen atoms in total. The Hall–Kier alpha value is -1.16. The number of fused-ring (bicyclic) bond motifs is 5. The van der Waals surface area contributed by atoms with Crippen LogP contribution in [0.1, 0.15) is 65.7 Å². The zero-order chi connectivity index (χ0) is 18.7. The van der Waals surface area contributed by atoms with Crippen molar-refractivity contribution < 1.29 is 19.4 Å². The highest BCUT2D eigenvalue weighted by Crippen LogP contribution is 2.66. The van der Waals surface area contributed by atoms with Gasteiger partial charge in [-0.05, 0) is 68.6 Å². The van der Waals surface area contributed by atoms with Gasteiger partial charge in [-0.3, -0.25) is 4.79 Å². The van der Waals surface area contributed by atoms with E-state index in [2.05, 4.69) is 13.8 Å². The predicted octanol–water partition coefficient (Wildman–Crippen LogP) is 3.67. The molecule has 4 heteroatoms. The Morgan fingerprint density at radius 1 is 1.27 bits per heavy atom. The van der Waals surface area contributed by atoms with Gasteiger partial charge in [0.15, 0.2) is 0 Å². The molecular formula is C22H32O4.